The summed E-state index contributed by atoms with van der Waals surface area (Å²) in [5.41, 5.74) is 0.547. The molecule has 0 spiro atoms. The van der Waals surface area contributed by atoms with Gasteiger partial charge < -0.3 is 15.1 Å². The number of hydrogen-bond acceptors (Lipinski definition) is 5. The number of nitrogens with zero attached hydrogens (tertiary/aromatic N) is 3. The topological polar surface area (TPSA) is 67.2 Å². The smallest absolute Gasteiger partial charge is 0.219 e. The van der Waals surface area contributed by atoms with Crippen molar-refractivity contribution < 1.29 is 15.0 Å². The first kappa shape index (κ1) is 17.2. The molecule has 2 atom stereocenters. The van der Waals surface area contributed by atoms with Crippen LogP contribution < -0.4 is 0 Å². The summed E-state index contributed by atoms with van der Waals surface area (Å²) < 4.78 is 0. The molecule has 0 aromatic heterocycles. The Morgan fingerprint density at radius 2 is 2.04 bits per heavy atom. The SMILES string of the molecule is CC(=O)N1CC2CN(Cc3ccccc3O)CCN2C(C)(CO)C1. The minimum absolute atomic E-state index is 0.0484. The average Bonchev–Trinajstić information content (AvgIpc) is 2.56. The lowest BCUT2D eigenvalue weighted by atomic mass is 9.91. The van der Waals surface area contributed by atoms with Gasteiger partial charge in [0, 0.05) is 57.8 Å². The van der Waals surface area contributed by atoms with Crippen LogP contribution in [0.1, 0.15) is 19.4 Å². The minimum Gasteiger partial charge on any atom is -0.508 e. The number of piperazine rings is 2. The van der Waals surface area contributed by atoms with Crippen LogP contribution in [0.2, 0.25) is 0 Å². The van der Waals surface area contributed by atoms with Gasteiger partial charge >= 0.3 is 0 Å². The second kappa shape index (κ2) is 6.70. The van der Waals surface area contributed by atoms with Gasteiger partial charge in [-0.2, -0.15) is 0 Å². The average molecular weight is 333 g/mol. The van der Waals surface area contributed by atoms with Gasteiger partial charge in [0.1, 0.15) is 5.75 Å². The fourth-order valence-electron chi connectivity index (χ4n) is 4.02. The van der Waals surface area contributed by atoms with E-state index in [1.165, 1.54) is 0 Å². The van der Waals surface area contributed by atoms with Crippen LogP contribution in [0, 0.1) is 0 Å². The fraction of sp³-hybridized carbons (Fsp3) is 0.611. The van der Waals surface area contributed by atoms with Gasteiger partial charge in [0.25, 0.3) is 0 Å². The van der Waals surface area contributed by atoms with Crippen molar-refractivity contribution in [1.29, 1.82) is 0 Å². The Hall–Kier alpha value is -1.63. The molecule has 24 heavy (non-hydrogen) atoms. The molecule has 2 aliphatic rings. The molecule has 1 aromatic rings. The first-order valence-corrected chi connectivity index (χ1v) is 8.55. The molecule has 2 saturated heterocycles. The van der Waals surface area contributed by atoms with Crippen molar-refractivity contribution in [3.05, 3.63) is 29.8 Å². The van der Waals surface area contributed by atoms with Crippen LogP contribution in [0.5, 0.6) is 5.75 Å². The number of aromatic hydroxyl groups is 1. The van der Waals surface area contributed by atoms with Crippen LogP contribution in [-0.2, 0) is 11.3 Å². The number of carbonyl (C=O) groups is 1. The van der Waals surface area contributed by atoms with Crippen molar-refractivity contribution in [3.63, 3.8) is 0 Å². The summed E-state index contributed by atoms with van der Waals surface area (Å²) in [6.07, 6.45) is 0. The predicted octanol–water partition coefficient (Wildman–Crippen LogP) is 0.491. The molecule has 132 valence electrons. The monoisotopic (exact) mass is 333 g/mol. The Labute approximate surface area is 143 Å². The summed E-state index contributed by atoms with van der Waals surface area (Å²) in [4.78, 5) is 18.4. The van der Waals surface area contributed by atoms with Gasteiger partial charge in [-0.05, 0) is 13.0 Å². The number of phenolic OH excluding ortho intramolecular Hbond substituents is 1. The van der Waals surface area contributed by atoms with Gasteiger partial charge in [-0.3, -0.25) is 14.6 Å². The highest BCUT2D eigenvalue weighted by atomic mass is 16.3. The summed E-state index contributed by atoms with van der Waals surface area (Å²) in [5, 5.41) is 19.9. The van der Waals surface area contributed by atoms with Crippen LogP contribution in [-0.4, -0.2) is 81.7 Å². The summed E-state index contributed by atoms with van der Waals surface area (Å²) in [5.74, 6) is 0.390. The van der Waals surface area contributed by atoms with E-state index in [1.54, 1.807) is 13.0 Å². The molecule has 1 amide bonds. The standard InChI is InChI=1S/C18H27N3O3/c1-14(23)20-11-16-10-19(9-15-5-3-4-6-17(15)24)7-8-21(16)18(2,12-20)13-22/h3-6,16,22,24H,7-13H2,1-2H3. The van der Waals surface area contributed by atoms with Crippen molar-refractivity contribution in [1.82, 2.24) is 14.7 Å². The van der Waals surface area contributed by atoms with Gasteiger partial charge in [0.2, 0.25) is 5.91 Å². The number of phenols is 1. The zero-order chi connectivity index (χ0) is 17.3. The Balaban J connectivity index is 1.73. The van der Waals surface area contributed by atoms with E-state index in [1.807, 2.05) is 30.0 Å². The largest absolute Gasteiger partial charge is 0.508 e. The number of aliphatic hydroxyl groups is 1. The molecule has 2 heterocycles. The number of para-hydroxylation sites is 1. The second-order valence-electron chi connectivity index (χ2n) is 7.27. The molecule has 0 aliphatic carbocycles. The highest BCUT2D eigenvalue weighted by molar-refractivity contribution is 5.73. The Morgan fingerprint density at radius 3 is 2.71 bits per heavy atom. The highest BCUT2D eigenvalue weighted by Gasteiger charge is 2.45. The van der Waals surface area contributed by atoms with E-state index in [2.05, 4.69) is 9.80 Å². The Morgan fingerprint density at radius 1 is 1.29 bits per heavy atom. The minimum atomic E-state index is -0.379. The molecular weight excluding hydrogens is 306 g/mol. The molecular formula is C18H27N3O3. The lowest BCUT2D eigenvalue weighted by Gasteiger charge is -2.56. The molecule has 6 nitrogen and oxygen atoms in total. The van der Waals surface area contributed by atoms with Gasteiger partial charge in [-0.25, -0.2) is 0 Å². The highest BCUT2D eigenvalue weighted by Crippen LogP contribution is 2.29. The van der Waals surface area contributed by atoms with E-state index in [0.717, 1.165) is 25.2 Å². The Kier molecular flexibility index (Phi) is 4.80. The van der Waals surface area contributed by atoms with Crippen molar-refractivity contribution in [3.8, 4) is 5.75 Å². The van der Waals surface area contributed by atoms with E-state index in [9.17, 15) is 15.0 Å². The lowest BCUT2D eigenvalue weighted by molar-refractivity contribution is -0.143. The zero-order valence-corrected chi connectivity index (χ0v) is 14.5. The first-order chi connectivity index (χ1) is 11.4. The number of rotatable bonds is 3. The van der Waals surface area contributed by atoms with Crippen LogP contribution in [0.3, 0.4) is 0 Å². The van der Waals surface area contributed by atoms with Gasteiger partial charge in [0.05, 0.1) is 12.1 Å². The second-order valence-corrected chi connectivity index (χ2v) is 7.27. The van der Waals surface area contributed by atoms with Crippen LogP contribution in [0.4, 0.5) is 0 Å². The number of aliphatic hydroxyl groups excluding tert-OH is 1. The van der Waals surface area contributed by atoms with E-state index in [-0.39, 0.29) is 24.1 Å². The third-order valence-electron chi connectivity index (χ3n) is 5.39. The molecule has 2 fully saturated rings. The van der Waals surface area contributed by atoms with E-state index < -0.39 is 0 Å². The number of benzene rings is 1. The quantitative estimate of drug-likeness (QED) is 0.843. The number of carbonyl (C=O) groups excluding carboxylic acids is 1. The number of fused-ring (bicyclic) bond motifs is 1. The molecule has 0 radical (unpaired) electrons. The molecule has 2 unspecified atom stereocenters. The van der Waals surface area contributed by atoms with Gasteiger partial charge in [-0.1, -0.05) is 18.2 Å². The molecule has 6 heteroatoms. The van der Waals surface area contributed by atoms with E-state index in [4.69, 9.17) is 0 Å². The van der Waals surface area contributed by atoms with Crippen molar-refractivity contribution >= 4 is 5.91 Å². The summed E-state index contributed by atoms with van der Waals surface area (Å²) in [6.45, 7) is 8.23. The molecule has 0 bridgehead atoms. The maximum Gasteiger partial charge on any atom is 0.219 e. The van der Waals surface area contributed by atoms with E-state index >= 15 is 0 Å². The zero-order valence-electron chi connectivity index (χ0n) is 14.5. The number of hydrogen-bond donors (Lipinski definition) is 2. The third kappa shape index (κ3) is 3.27. The van der Waals surface area contributed by atoms with Crippen LogP contribution >= 0.6 is 0 Å². The van der Waals surface area contributed by atoms with E-state index in [0.29, 0.717) is 25.4 Å². The Bertz CT molecular complexity index is 609. The van der Waals surface area contributed by atoms with Gasteiger partial charge in [-0.15, -0.1) is 0 Å². The molecule has 3 rings (SSSR count). The maximum absolute atomic E-state index is 11.9. The van der Waals surface area contributed by atoms with Crippen molar-refractivity contribution in [2.24, 2.45) is 0 Å². The van der Waals surface area contributed by atoms with Crippen LogP contribution in [0.25, 0.3) is 0 Å². The molecule has 2 aliphatic heterocycles. The lowest BCUT2D eigenvalue weighted by Crippen LogP contribution is -2.72. The fourth-order valence-corrected chi connectivity index (χ4v) is 4.02. The molecule has 2 N–H and O–H groups in total. The third-order valence-corrected chi connectivity index (χ3v) is 5.39. The predicted molar refractivity (Wildman–Crippen MR) is 91.6 cm³/mol. The van der Waals surface area contributed by atoms with Crippen molar-refractivity contribution in [2.45, 2.75) is 32.0 Å². The molecule has 0 saturated carbocycles. The normalized spacial score (nSPS) is 28.6. The number of amides is 1. The summed E-state index contributed by atoms with van der Waals surface area (Å²) >= 11 is 0. The summed E-state index contributed by atoms with van der Waals surface area (Å²) in [6, 6.07) is 7.63. The maximum atomic E-state index is 11.9. The molecule has 1 aromatic carbocycles. The summed E-state index contributed by atoms with van der Waals surface area (Å²) in [7, 11) is 0. The van der Waals surface area contributed by atoms with Crippen molar-refractivity contribution in [2.75, 3.05) is 39.3 Å². The first-order valence-electron chi connectivity index (χ1n) is 8.55. The van der Waals surface area contributed by atoms with Gasteiger partial charge in [0.15, 0.2) is 0 Å². The van der Waals surface area contributed by atoms with Crippen LogP contribution in [0.15, 0.2) is 24.3 Å².